The number of imide groups is 1. The average molecular weight is 278 g/mol. The summed E-state index contributed by atoms with van der Waals surface area (Å²) in [6.07, 6.45) is 0. The van der Waals surface area contributed by atoms with Crippen molar-refractivity contribution in [1.82, 2.24) is 4.90 Å². The van der Waals surface area contributed by atoms with Gasteiger partial charge < -0.3 is 5.32 Å². The largest absolute Gasteiger partial charge is 0.365 e. The van der Waals surface area contributed by atoms with Crippen LogP contribution in [0.5, 0.6) is 0 Å². The Balaban J connectivity index is 2.04. The summed E-state index contributed by atoms with van der Waals surface area (Å²) in [6, 6.07) is 7.78. The molecule has 1 aliphatic rings. The molecule has 1 fully saturated rings. The van der Waals surface area contributed by atoms with Crippen molar-refractivity contribution in [3.05, 3.63) is 29.8 Å². The van der Waals surface area contributed by atoms with Gasteiger partial charge in [0.15, 0.2) is 5.37 Å². The molecule has 0 radical (unpaired) electrons. The minimum atomic E-state index is -0.506. The molecule has 5 heteroatoms. The molecule has 2 rings (SSSR count). The molecule has 1 aromatic rings. The summed E-state index contributed by atoms with van der Waals surface area (Å²) in [7, 11) is 0. The zero-order valence-corrected chi connectivity index (χ0v) is 12.2. The summed E-state index contributed by atoms with van der Waals surface area (Å²) in [4.78, 5) is 25.3. The number of carbonyl (C=O) groups excluding carboxylic acids is 2. The Hall–Kier alpha value is -1.49. The van der Waals surface area contributed by atoms with E-state index in [2.05, 4.69) is 5.32 Å². The van der Waals surface area contributed by atoms with Crippen molar-refractivity contribution >= 4 is 28.6 Å². The first-order valence-corrected chi connectivity index (χ1v) is 7.20. The number of nitrogens with one attached hydrogen (secondary N) is 1. The maximum Gasteiger partial charge on any atom is 0.290 e. The van der Waals surface area contributed by atoms with Crippen LogP contribution in [0, 0.1) is 12.8 Å². The predicted octanol–water partition coefficient (Wildman–Crippen LogP) is 3.08. The van der Waals surface area contributed by atoms with Crippen molar-refractivity contribution in [3.8, 4) is 0 Å². The van der Waals surface area contributed by atoms with Gasteiger partial charge >= 0.3 is 0 Å². The summed E-state index contributed by atoms with van der Waals surface area (Å²) in [5, 5.41) is 2.43. The Bertz CT molecular complexity index is 485. The van der Waals surface area contributed by atoms with E-state index in [0.717, 1.165) is 23.0 Å². The number of amides is 2. The van der Waals surface area contributed by atoms with Crippen LogP contribution in [0.15, 0.2) is 24.3 Å². The molecular weight excluding hydrogens is 260 g/mol. The Kier molecular flexibility index (Phi) is 4.14. The lowest BCUT2D eigenvalue weighted by Crippen LogP contribution is -2.36. The predicted molar refractivity (Wildman–Crippen MR) is 78.1 cm³/mol. The molecule has 1 aliphatic heterocycles. The molecule has 0 bridgehead atoms. The number of thioether (sulfide) groups is 1. The fourth-order valence-electron chi connectivity index (χ4n) is 1.87. The SMILES string of the molecule is Cc1ccc(N[C@@H]2SC(=O)N(CC(C)C)C2=O)cc1. The molecule has 102 valence electrons. The molecule has 1 aromatic carbocycles. The second-order valence-corrected chi connectivity index (χ2v) is 6.17. The molecule has 1 N–H and O–H groups in total. The molecule has 1 atom stereocenters. The van der Waals surface area contributed by atoms with Gasteiger partial charge in [0.2, 0.25) is 0 Å². The van der Waals surface area contributed by atoms with Gasteiger partial charge in [0, 0.05) is 12.2 Å². The molecule has 1 heterocycles. The average Bonchev–Trinajstić information content (AvgIpc) is 2.60. The lowest BCUT2D eigenvalue weighted by Gasteiger charge is -2.16. The zero-order chi connectivity index (χ0) is 14.0. The van der Waals surface area contributed by atoms with Crippen LogP contribution >= 0.6 is 11.8 Å². The number of anilines is 1. The van der Waals surface area contributed by atoms with E-state index < -0.39 is 5.37 Å². The van der Waals surface area contributed by atoms with Crippen LogP contribution in [0.4, 0.5) is 10.5 Å². The minimum absolute atomic E-state index is 0.149. The van der Waals surface area contributed by atoms with Gasteiger partial charge in [-0.15, -0.1) is 0 Å². The number of hydrogen-bond acceptors (Lipinski definition) is 4. The third-order valence-corrected chi connectivity index (χ3v) is 3.80. The smallest absolute Gasteiger partial charge is 0.290 e. The molecule has 0 saturated carbocycles. The number of rotatable bonds is 4. The lowest BCUT2D eigenvalue weighted by atomic mass is 10.2. The van der Waals surface area contributed by atoms with Gasteiger partial charge in [-0.1, -0.05) is 31.5 Å². The number of hydrogen-bond donors (Lipinski definition) is 1. The van der Waals surface area contributed by atoms with Gasteiger partial charge in [-0.25, -0.2) is 0 Å². The van der Waals surface area contributed by atoms with Crippen LogP contribution < -0.4 is 5.32 Å². The normalized spacial score (nSPS) is 19.4. The standard InChI is InChI=1S/C14H18N2O2S/c1-9(2)8-16-13(17)12(19-14(16)18)15-11-6-4-10(3)5-7-11/h4-7,9,12,15H,8H2,1-3H3/t12-/m1/s1. The van der Waals surface area contributed by atoms with Crippen LogP contribution in [0.1, 0.15) is 19.4 Å². The van der Waals surface area contributed by atoms with Gasteiger partial charge in [-0.2, -0.15) is 0 Å². The van der Waals surface area contributed by atoms with E-state index in [4.69, 9.17) is 0 Å². The highest BCUT2D eigenvalue weighted by atomic mass is 32.2. The summed E-state index contributed by atoms with van der Waals surface area (Å²) >= 11 is 1.05. The van der Waals surface area contributed by atoms with E-state index in [1.807, 2.05) is 45.0 Å². The molecule has 0 spiro atoms. The third-order valence-electron chi connectivity index (χ3n) is 2.83. The van der Waals surface area contributed by atoms with Crippen molar-refractivity contribution in [3.63, 3.8) is 0 Å². The number of nitrogens with zero attached hydrogens (tertiary/aromatic N) is 1. The highest BCUT2D eigenvalue weighted by Crippen LogP contribution is 2.28. The maximum atomic E-state index is 12.1. The monoisotopic (exact) mass is 278 g/mol. The first-order chi connectivity index (χ1) is 8.97. The van der Waals surface area contributed by atoms with Gasteiger partial charge in [-0.3, -0.25) is 14.5 Å². The topological polar surface area (TPSA) is 49.4 Å². The van der Waals surface area contributed by atoms with Crippen LogP contribution in [-0.2, 0) is 4.79 Å². The van der Waals surface area contributed by atoms with Crippen molar-refractivity contribution in [2.45, 2.75) is 26.1 Å². The first kappa shape index (κ1) is 13.9. The van der Waals surface area contributed by atoms with Gasteiger partial charge in [0.25, 0.3) is 11.1 Å². The third kappa shape index (κ3) is 3.29. The van der Waals surface area contributed by atoms with Crippen LogP contribution in [0.25, 0.3) is 0 Å². The molecular formula is C14H18N2O2S. The number of benzene rings is 1. The molecule has 2 amide bonds. The molecule has 19 heavy (non-hydrogen) atoms. The van der Waals surface area contributed by atoms with E-state index in [-0.39, 0.29) is 17.1 Å². The second-order valence-electron chi connectivity index (χ2n) is 5.12. The van der Waals surface area contributed by atoms with E-state index >= 15 is 0 Å². The van der Waals surface area contributed by atoms with Crippen molar-refractivity contribution < 1.29 is 9.59 Å². The fraction of sp³-hybridized carbons (Fsp3) is 0.429. The molecule has 0 aromatic heterocycles. The summed E-state index contributed by atoms with van der Waals surface area (Å²) in [5.74, 6) is 0.135. The van der Waals surface area contributed by atoms with Crippen molar-refractivity contribution in [2.75, 3.05) is 11.9 Å². The molecule has 1 saturated heterocycles. The van der Waals surface area contributed by atoms with E-state index in [1.165, 1.54) is 4.90 Å². The maximum absolute atomic E-state index is 12.1. The van der Waals surface area contributed by atoms with Gasteiger partial charge in [0.05, 0.1) is 0 Å². The van der Waals surface area contributed by atoms with Crippen molar-refractivity contribution in [1.29, 1.82) is 0 Å². The van der Waals surface area contributed by atoms with E-state index in [1.54, 1.807) is 0 Å². The van der Waals surface area contributed by atoms with E-state index in [9.17, 15) is 9.59 Å². The summed E-state index contributed by atoms with van der Waals surface area (Å²) < 4.78 is 0. The first-order valence-electron chi connectivity index (χ1n) is 6.32. The van der Waals surface area contributed by atoms with Crippen LogP contribution in [0.3, 0.4) is 0 Å². The van der Waals surface area contributed by atoms with Crippen LogP contribution in [-0.4, -0.2) is 28.0 Å². The zero-order valence-electron chi connectivity index (χ0n) is 11.3. The Morgan fingerprint density at radius 3 is 2.47 bits per heavy atom. The Labute approximate surface area is 117 Å². The second kappa shape index (κ2) is 5.65. The number of aryl methyl sites for hydroxylation is 1. The van der Waals surface area contributed by atoms with Gasteiger partial charge in [0.1, 0.15) is 0 Å². The summed E-state index contributed by atoms with van der Waals surface area (Å²) in [6.45, 7) is 6.47. The molecule has 0 unspecified atom stereocenters. The molecule has 0 aliphatic carbocycles. The number of carbonyl (C=O) groups is 2. The molecule has 4 nitrogen and oxygen atoms in total. The highest BCUT2D eigenvalue weighted by molar-refractivity contribution is 8.15. The summed E-state index contributed by atoms with van der Waals surface area (Å²) in [5.41, 5.74) is 2.02. The fourth-order valence-corrected chi connectivity index (χ4v) is 2.78. The van der Waals surface area contributed by atoms with E-state index in [0.29, 0.717) is 6.54 Å². The quantitative estimate of drug-likeness (QED) is 0.919. The van der Waals surface area contributed by atoms with Crippen molar-refractivity contribution in [2.24, 2.45) is 5.92 Å². The van der Waals surface area contributed by atoms with Gasteiger partial charge in [-0.05, 0) is 36.7 Å². The Morgan fingerprint density at radius 1 is 1.26 bits per heavy atom. The lowest BCUT2D eigenvalue weighted by molar-refractivity contribution is -0.126. The highest BCUT2D eigenvalue weighted by Gasteiger charge is 2.39. The van der Waals surface area contributed by atoms with Crippen LogP contribution in [0.2, 0.25) is 0 Å². The minimum Gasteiger partial charge on any atom is -0.365 e. The Morgan fingerprint density at radius 2 is 1.89 bits per heavy atom.